The molecule has 1 amide bonds. The Bertz CT molecular complexity index is 280. The van der Waals surface area contributed by atoms with E-state index in [1.165, 1.54) is 13.0 Å². The highest BCUT2D eigenvalue weighted by Crippen LogP contribution is 2.06. The first-order valence-corrected chi connectivity index (χ1v) is 4.75. The minimum Gasteiger partial charge on any atom is -0.843 e. The average molecular weight is 212 g/mol. The topological polar surface area (TPSA) is 52.2 Å². The van der Waals surface area contributed by atoms with Gasteiger partial charge in [0.25, 0.3) is 5.91 Å². The average Bonchev–Trinajstić information content (AvgIpc) is 2.01. The number of quaternary nitrogens is 1. The molecule has 0 aliphatic carbocycles. The summed E-state index contributed by atoms with van der Waals surface area (Å²) in [7, 11) is 3.50. The van der Waals surface area contributed by atoms with Crippen LogP contribution in [0.5, 0.6) is 0 Å². The monoisotopic (exact) mass is 212 g/mol. The van der Waals surface area contributed by atoms with Gasteiger partial charge in [0.15, 0.2) is 0 Å². The number of carbonyl (C=O) groups is 1. The molecule has 1 N–H and O–H groups in total. The third-order valence-electron chi connectivity index (χ3n) is 1.93. The number of hydrogen-bond donors (Lipinski definition) is 1. The van der Waals surface area contributed by atoms with E-state index in [0.29, 0.717) is 5.57 Å². The molecule has 1 atom stereocenters. The Morgan fingerprint density at radius 3 is 2.40 bits per heavy atom. The van der Waals surface area contributed by atoms with E-state index >= 15 is 0 Å². The molecule has 0 rings (SSSR count). The van der Waals surface area contributed by atoms with Crippen molar-refractivity contribution in [2.75, 3.05) is 20.6 Å². The van der Waals surface area contributed by atoms with Crippen molar-refractivity contribution in [1.29, 1.82) is 0 Å². The Hall–Kier alpha value is -1.13. The number of likely N-dealkylation sites (N-methyl/N-ethyl adjacent to an activating group) is 1. The SMILES string of the molecule is C=CC(C)([O-])C[N+](C)(C)NC(=O)C(=C)C. The van der Waals surface area contributed by atoms with Crippen molar-refractivity contribution in [1.82, 2.24) is 5.43 Å². The standard InChI is InChI=1S/C11H20N2O2/c1-7-11(4,15)8-13(5,6)12-10(14)9(2)3/h7H,1-2,8H2,3-6H3,(H,12,14). The van der Waals surface area contributed by atoms with Crippen LogP contribution in [0.25, 0.3) is 0 Å². The number of rotatable bonds is 5. The van der Waals surface area contributed by atoms with E-state index in [4.69, 9.17) is 0 Å². The van der Waals surface area contributed by atoms with Crippen molar-refractivity contribution in [3.05, 3.63) is 24.8 Å². The predicted octanol–water partition coefficient (Wildman–Crippen LogP) is -0.0249. The zero-order valence-electron chi connectivity index (χ0n) is 9.96. The number of carbonyl (C=O) groups excluding carboxylic acids is 1. The van der Waals surface area contributed by atoms with E-state index in [-0.39, 0.29) is 17.0 Å². The molecular formula is C11H20N2O2. The van der Waals surface area contributed by atoms with E-state index < -0.39 is 5.60 Å². The van der Waals surface area contributed by atoms with Gasteiger partial charge in [0.1, 0.15) is 0 Å². The fraction of sp³-hybridized carbons (Fsp3) is 0.545. The van der Waals surface area contributed by atoms with Gasteiger partial charge in [-0.3, -0.25) is 4.79 Å². The second kappa shape index (κ2) is 4.59. The van der Waals surface area contributed by atoms with E-state index in [9.17, 15) is 9.90 Å². The molecule has 0 aromatic carbocycles. The maximum atomic E-state index is 11.7. The summed E-state index contributed by atoms with van der Waals surface area (Å²) in [5.74, 6) is -0.250. The van der Waals surface area contributed by atoms with Gasteiger partial charge in [-0.25, -0.2) is 4.59 Å². The summed E-state index contributed by atoms with van der Waals surface area (Å²) in [6.07, 6.45) is 1.35. The number of hydrogen-bond acceptors (Lipinski definition) is 2. The van der Waals surface area contributed by atoms with Gasteiger partial charge >= 0.3 is 0 Å². The largest absolute Gasteiger partial charge is 0.843 e. The van der Waals surface area contributed by atoms with Crippen LogP contribution in [-0.4, -0.2) is 36.7 Å². The molecule has 0 saturated carbocycles. The third kappa shape index (κ3) is 5.34. The molecule has 4 heteroatoms. The lowest BCUT2D eigenvalue weighted by Crippen LogP contribution is -2.63. The van der Waals surface area contributed by atoms with Gasteiger partial charge in [0.05, 0.1) is 20.6 Å². The van der Waals surface area contributed by atoms with Gasteiger partial charge < -0.3 is 5.11 Å². The summed E-state index contributed by atoms with van der Waals surface area (Å²) in [5, 5.41) is 11.7. The van der Waals surface area contributed by atoms with Crippen molar-refractivity contribution in [2.45, 2.75) is 19.4 Å². The highest BCUT2D eigenvalue weighted by molar-refractivity contribution is 5.91. The maximum Gasteiger partial charge on any atom is 0.290 e. The Morgan fingerprint density at radius 2 is 2.07 bits per heavy atom. The van der Waals surface area contributed by atoms with Crippen LogP contribution in [0, 0.1) is 0 Å². The van der Waals surface area contributed by atoms with Crippen molar-refractivity contribution in [3.63, 3.8) is 0 Å². The van der Waals surface area contributed by atoms with E-state index in [1.807, 2.05) is 0 Å². The summed E-state index contributed by atoms with van der Waals surface area (Å²) in [6.45, 7) is 10.4. The van der Waals surface area contributed by atoms with Crippen LogP contribution >= 0.6 is 0 Å². The molecule has 0 aromatic heterocycles. The van der Waals surface area contributed by atoms with Crippen LogP contribution in [-0.2, 0) is 4.79 Å². The molecular weight excluding hydrogens is 192 g/mol. The van der Waals surface area contributed by atoms with Gasteiger partial charge in [-0.15, -0.1) is 6.58 Å². The summed E-state index contributed by atoms with van der Waals surface area (Å²) >= 11 is 0. The lowest BCUT2D eigenvalue weighted by molar-refractivity contribution is -0.935. The Kier molecular flexibility index (Phi) is 4.25. The summed E-state index contributed by atoms with van der Waals surface area (Å²) in [5.41, 5.74) is 1.86. The van der Waals surface area contributed by atoms with Crippen molar-refractivity contribution >= 4 is 5.91 Å². The normalized spacial score (nSPS) is 15.3. The second-order valence-electron chi connectivity index (χ2n) is 4.58. The highest BCUT2D eigenvalue weighted by Gasteiger charge is 2.24. The van der Waals surface area contributed by atoms with Crippen LogP contribution in [0.4, 0.5) is 0 Å². The van der Waals surface area contributed by atoms with Crippen LogP contribution in [0.1, 0.15) is 13.8 Å². The smallest absolute Gasteiger partial charge is 0.290 e. The molecule has 0 fully saturated rings. The zero-order chi connectivity index (χ0) is 12.3. The van der Waals surface area contributed by atoms with Crippen molar-refractivity contribution < 1.29 is 14.5 Å². The lowest BCUT2D eigenvalue weighted by Gasteiger charge is -2.40. The third-order valence-corrected chi connectivity index (χ3v) is 1.93. The van der Waals surface area contributed by atoms with Crippen LogP contribution < -0.4 is 10.5 Å². The molecule has 0 spiro atoms. The van der Waals surface area contributed by atoms with Crippen molar-refractivity contribution in [3.8, 4) is 0 Å². The first-order chi connectivity index (χ1) is 6.59. The number of amides is 1. The molecule has 4 nitrogen and oxygen atoms in total. The van der Waals surface area contributed by atoms with Gasteiger partial charge in [-0.2, -0.15) is 5.43 Å². The highest BCUT2D eigenvalue weighted by atomic mass is 16.3. The van der Waals surface area contributed by atoms with Crippen molar-refractivity contribution in [2.24, 2.45) is 0 Å². The fourth-order valence-electron chi connectivity index (χ4n) is 1.26. The van der Waals surface area contributed by atoms with E-state index in [1.54, 1.807) is 21.0 Å². The van der Waals surface area contributed by atoms with E-state index in [0.717, 1.165) is 0 Å². The first kappa shape index (κ1) is 13.9. The van der Waals surface area contributed by atoms with Crippen LogP contribution in [0.3, 0.4) is 0 Å². The first-order valence-electron chi connectivity index (χ1n) is 4.75. The number of nitrogens with one attached hydrogen (secondary N) is 1. The van der Waals surface area contributed by atoms with Crippen LogP contribution in [0.2, 0.25) is 0 Å². The molecule has 0 aromatic rings. The summed E-state index contributed by atoms with van der Waals surface area (Å²) in [4.78, 5) is 11.4. The van der Waals surface area contributed by atoms with Gasteiger partial charge in [0.2, 0.25) is 0 Å². The predicted molar refractivity (Wildman–Crippen MR) is 58.5 cm³/mol. The Balaban J connectivity index is 4.50. The van der Waals surface area contributed by atoms with Crippen LogP contribution in [0.15, 0.2) is 24.8 Å². The Morgan fingerprint density at radius 1 is 1.60 bits per heavy atom. The lowest BCUT2D eigenvalue weighted by atomic mass is 10.1. The second-order valence-corrected chi connectivity index (χ2v) is 4.58. The minimum atomic E-state index is -1.26. The molecule has 0 heterocycles. The van der Waals surface area contributed by atoms with E-state index in [2.05, 4.69) is 18.6 Å². The molecule has 86 valence electrons. The summed E-state index contributed by atoms with van der Waals surface area (Å²) < 4.78 is 0.109. The van der Waals surface area contributed by atoms with Gasteiger partial charge in [-0.1, -0.05) is 19.6 Å². The molecule has 15 heavy (non-hydrogen) atoms. The molecule has 0 aliphatic heterocycles. The fourth-order valence-corrected chi connectivity index (χ4v) is 1.26. The quantitative estimate of drug-likeness (QED) is 0.301. The summed E-state index contributed by atoms with van der Waals surface area (Å²) in [6, 6.07) is 0. The number of nitrogens with zero attached hydrogens (tertiary/aromatic N) is 1. The molecule has 0 aliphatic rings. The minimum absolute atomic E-state index is 0.109. The Labute approximate surface area is 91.5 Å². The molecule has 0 radical (unpaired) electrons. The molecule has 0 saturated heterocycles. The zero-order valence-corrected chi connectivity index (χ0v) is 9.96. The molecule has 0 bridgehead atoms. The molecule has 1 unspecified atom stereocenters. The van der Waals surface area contributed by atoms with Gasteiger partial charge in [-0.05, 0) is 12.5 Å². The maximum absolute atomic E-state index is 11.7. The van der Waals surface area contributed by atoms with Gasteiger partial charge in [0, 0.05) is 5.57 Å².